The second-order valence-electron chi connectivity index (χ2n) is 7.02. The molecule has 0 atom stereocenters. The molecule has 0 spiro atoms. The van der Waals surface area contributed by atoms with E-state index in [9.17, 15) is 26.5 Å². The SMILES string of the molecule is CO[N+](=O)c1ccccc1N=C(C=C(N)C(F)(F)F)c1cc(-c2cccc(S(C)(=O)=O)c2)cs1. The number of para-hydroxylation sites is 2. The summed E-state index contributed by atoms with van der Waals surface area (Å²) in [6.45, 7) is 0. The van der Waals surface area contributed by atoms with Gasteiger partial charge in [-0.1, -0.05) is 24.3 Å². The van der Waals surface area contributed by atoms with Crippen molar-refractivity contribution in [3.05, 3.63) is 81.5 Å². The number of allylic oxidation sites excluding steroid dienone is 2. The summed E-state index contributed by atoms with van der Waals surface area (Å²) in [5.74, 6) is 0. The highest BCUT2D eigenvalue weighted by Gasteiger charge is 2.32. The molecule has 34 heavy (non-hydrogen) atoms. The van der Waals surface area contributed by atoms with E-state index in [1.807, 2.05) is 0 Å². The van der Waals surface area contributed by atoms with Crippen LogP contribution in [-0.2, 0) is 14.7 Å². The Labute approximate surface area is 197 Å². The van der Waals surface area contributed by atoms with Gasteiger partial charge in [-0.3, -0.25) is 0 Å². The molecule has 0 saturated heterocycles. The lowest BCUT2D eigenvalue weighted by Crippen LogP contribution is -2.20. The van der Waals surface area contributed by atoms with Gasteiger partial charge in [0.1, 0.15) is 11.4 Å². The predicted octanol–water partition coefficient (Wildman–Crippen LogP) is 5.32. The monoisotopic (exact) mass is 510 g/mol. The van der Waals surface area contributed by atoms with Crippen LogP contribution in [0.25, 0.3) is 11.1 Å². The summed E-state index contributed by atoms with van der Waals surface area (Å²) in [6.07, 6.45) is -3.03. The standard InChI is InChI=1S/C22H19F3N3O4S2/c1-32-28(29)19-9-4-3-8-17(19)27-18(12-21(26)22(23,24)25)20-11-15(13-33-20)14-6-5-7-16(10-14)34(2,30)31/h3-13H,26H2,1-2H3/q+1. The van der Waals surface area contributed by atoms with Gasteiger partial charge in [-0.05, 0) is 46.8 Å². The van der Waals surface area contributed by atoms with Gasteiger partial charge in [0, 0.05) is 12.3 Å². The van der Waals surface area contributed by atoms with Gasteiger partial charge < -0.3 is 5.73 Å². The van der Waals surface area contributed by atoms with Crippen LogP contribution in [0.1, 0.15) is 4.88 Å². The molecule has 12 heteroatoms. The molecule has 2 aromatic carbocycles. The van der Waals surface area contributed by atoms with Crippen LogP contribution >= 0.6 is 11.3 Å². The number of halogens is 3. The Hall–Kier alpha value is -3.51. The van der Waals surface area contributed by atoms with Crippen molar-refractivity contribution in [3.63, 3.8) is 0 Å². The molecule has 0 aliphatic heterocycles. The van der Waals surface area contributed by atoms with E-state index < -0.39 is 21.7 Å². The number of hydrogen-bond donors (Lipinski definition) is 1. The van der Waals surface area contributed by atoms with Crippen molar-refractivity contribution in [1.29, 1.82) is 0 Å². The molecule has 0 bridgehead atoms. The Morgan fingerprint density at radius 3 is 2.47 bits per heavy atom. The molecule has 1 heterocycles. The number of hydrogen-bond acceptors (Lipinski definition) is 7. The van der Waals surface area contributed by atoms with Gasteiger partial charge in [-0.15, -0.1) is 11.3 Å². The number of sulfone groups is 1. The molecule has 0 amide bonds. The number of rotatable bonds is 7. The third kappa shape index (κ3) is 5.88. The number of alkyl halides is 3. The highest BCUT2D eigenvalue weighted by molar-refractivity contribution is 7.90. The minimum absolute atomic E-state index is 0.0147. The maximum Gasteiger partial charge on any atom is 0.430 e. The number of aliphatic imine (C=N–C) groups is 1. The maximum absolute atomic E-state index is 13.2. The van der Waals surface area contributed by atoms with Gasteiger partial charge in [-0.2, -0.15) is 13.2 Å². The first-order chi connectivity index (χ1) is 15.9. The van der Waals surface area contributed by atoms with Crippen LogP contribution in [0.3, 0.4) is 0 Å². The van der Waals surface area contributed by atoms with Gasteiger partial charge in [0.15, 0.2) is 16.9 Å². The molecule has 0 aliphatic carbocycles. The van der Waals surface area contributed by atoms with E-state index >= 15 is 0 Å². The van der Waals surface area contributed by atoms with E-state index in [1.54, 1.807) is 35.7 Å². The first-order valence-corrected chi connectivity index (χ1v) is 12.3. The van der Waals surface area contributed by atoms with Crippen molar-refractivity contribution >= 4 is 38.3 Å². The van der Waals surface area contributed by atoms with Crippen LogP contribution in [0.5, 0.6) is 0 Å². The molecule has 3 rings (SSSR count). The molecular formula is C22H19F3N3O4S2+. The van der Waals surface area contributed by atoms with E-state index in [0.717, 1.165) is 24.7 Å². The molecule has 2 N–H and O–H groups in total. The highest BCUT2D eigenvalue weighted by atomic mass is 32.2. The van der Waals surface area contributed by atoms with Gasteiger partial charge in [0.05, 0.1) is 20.4 Å². The van der Waals surface area contributed by atoms with Gasteiger partial charge in [-0.25, -0.2) is 18.2 Å². The zero-order chi connectivity index (χ0) is 25.1. The summed E-state index contributed by atoms with van der Waals surface area (Å²) in [7, 11) is -2.30. The van der Waals surface area contributed by atoms with Crippen LogP contribution in [0, 0.1) is 4.91 Å². The molecule has 0 radical (unpaired) electrons. The fraction of sp³-hybridized carbons (Fsp3) is 0.136. The topological polar surface area (TPSA) is 102 Å². The summed E-state index contributed by atoms with van der Waals surface area (Å²) in [5, 5.41) is 1.66. The van der Waals surface area contributed by atoms with E-state index in [1.165, 1.54) is 24.3 Å². The lowest BCUT2D eigenvalue weighted by atomic mass is 10.1. The van der Waals surface area contributed by atoms with Crippen molar-refractivity contribution < 1.29 is 31.3 Å². The molecule has 178 valence electrons. The Balaban J connectivity index is 2.15. The van der Waals surface area contributed by atoms with Crippen molar-refractivity contribution in [1.82, 2.24) is 0 Å². The third-order valence-corrected chi connectivity index (χ3v) is 6.62. The molecular weight excluding hydrogens is 491 g/mol. The lowest BCUT2D eigenvalue weighted by Gasteiger charge is -2.07. The summed E-state index contributed by atoms with van der Waals surface area (Å²) in [5.41, 5.74) is 4.92. The molecule has 3 aromatic rings. The number of thiophene rings is 1. The summed E-state index contributed by atoms with van der Waals surface area (Å²) < 4.78 is 63.3. The Bertz CT molecular complexity index is 1390. The minimum atomic E-state index is -4.79. The maximum atomic E-state index is 13.2. The van der Waals surface area contributed by atoms with Crippen LogP contribution < -0.4 is 5.73 Å². The van der Waals surface area contributed by atoms with E-state index in [2.05, 4.69) is 9.83 Å². The Morgan fingerprint density at radius 1 is 1.12 bits per heavy atom. The van der Waals surface area contributed by atoms with E-state index in [0.29, 0.717) is 22.1 Å². The third-order valence-electron chi connectivity index (χ3n) is 4.55. The average molecular weight is 511 g/mol. The minimum Gasteiger partial charge on any atom is -0.395 e. The highest BCUT2D eigenvalue weighted by Crippen LogP contribution is 2.32. The van der Waals surface area contributed by atoms with Crippen LogP contribution in [0.4, 0.5) is 24.5 Å². The van der Waals surface area contributed by atoms with Gasteiger partial charge in [0.2, 0.25) is 0 Å². The quantitative estimate of drug-likeness (QED) is 0.343. The summed E-state index contributed by atoms with van der Waals surface area (Å²) >= 11 is 1.09. The van der Waals surface area contributed by atoms with Crippen LogP contribution in [-0.4, -0.2) is 38.6 Å². The van der Waals surface area contributed by atoms with E-state index in [-0.39, 0.29) is 26.9 Å². The first-order valence-electron chi connectivity index (χ1n) is 9.53. The smallest absolute Gasteiger partial charge is 0.395 e. The van der Waals surface area contributed by atoms with Gasteiger partial charge in [0.25, 0.3) is 4.92 Å². The van der Waals surface area contributed by atoms with Gasteiger partial charge >= 0.3 is 11.9 Å². The van der Waals surface area contributed by atoms with Crippen molar-refractivity contribution in [3.8, 4) is 11.1 Å². The zero-order valence-electron chi connectivity index (χ0n) is 17.9. The second kappa shape index (κ2) is 9.77. The fourth-order valence-electron chi connectivity index (χ4n) is 2.86. The molecule has 0 aliphatic rings. The summed E-state index contributed by atoms with van der Waals surface area (Å²) in [6, 6.07) is 13.7. The number of nitrogens with two attached hydrogens (primary N) is 1. The Kier molecular flexibility index (Phi) is 7.22. The molecule has 1 aromatic heterocycles. The van der Waals surface area contributed by atoms with Crippen molar-refractivity contribution in [2.75, 3.05) is 13.4 Å². The second-order valence-corrected chi connectivity index (χ2v) is 9.95. The average Bonchev–Trinajstić information content (AvgIpc) is 3.27. The normalized spacial score (nSPS) is 13.1. The fourth-order valence-corrected chi connectivity index (χ4v) is 4.40. The van der Waals surface area contributed by atoms with Crippen molar-refractivity contribution in [2.45, 2.75) is 11.1 Å². The Morgan fingerprint density at radius 2 is 1.82 bits per heavy atom. The number of nitrogens with zero attached hydrogens (tertiary/aromatic N) is 2. The lowest BCUT2D eigenvalue weighted by molar-refractivity contribution is -0.736. The molecule has 0 unspecified atom stereocenters. The van der Waals surface area contributed by atoms with Crippen LogP contribution in [0.15, 0.2) is 81.6 Å². The first kappa shape index (κ1) is 25.1. The summed E-state index contributed by atoms with van der Waals surface area (Å²) in [4.78, 5) is 21.5. The zero-order valence-corrected chi connectivity index (χ0v) is 19.5. The predicted molar refractivity (Wildman–Crippen MR) is 124 cm³/mol. The van der Waals surface area contributed by atoms with Crippen LogP contribution in [0.2, 0.25) is 0 Å². The van der Waals surface area contributed by atoms with E-state index in [4.69, 9.17) is 5.73 Å². The molecule has 7 nitrogen and oxygen atoms in total. The number of benzene rings is 2. The van der Waals surface area contributed by atoms with Crippen molar-refractivity contribution in [2.24, 2.45) is 10.7 Å². The molecule has 0 saturated carbocycles. The molecule has 0 fully saturated rings. The largest absolute Gasteiger partial charge is 0.430 e.